The molecule has 20 rings (SSSR count). The summed E-state index contributed by atoms with van der Waals surface area (Å²) in [6, 6.07) is 44.1. The molecule has 8 aliphatic rings. The monoisotopic (exact) mass is 1680 g/mol. The fraction of sp³-hybridized carbons (Fsp3) is 0.269. The normalized spacial score (nSPS) is 13.8. The smallest absolute Gasteiger partial charge is 0.127 e. The molecule has 0 saturated heterocycles. The Morgan fingerprint density at radius 1 is 0.246 bits per heavy atom. The number of nitrogens with zero attached hydrogens (tertiary/aromatic N) is 4. The van der Waals surface area contributed by atoms with Crippen molar-refractivity contribution in [3.8, 4) is 78.6 Å². The molecule has 12 aromatic rings. The molecule has 0 radical (unpaired) electrons. The van der Waals surface area contributed by atoms with E-state index in [1.165, 1.54) is 44.5 Å². The molecule has 8 aliphatic heterocycles. The van der Waals surface area contributed by atoms with Crippen molar-refractivity contribution in [1.29, 1.82) is 0 Å². The third kappa shape index (κ3) is 13.5. The average molecular weight is 1690 g/mol. The summed E-state index contributed by atoms with van der Waals surface area (Å²) in [4.78, 5) is 39.6. The highest BCUT2D eigenvalue weighted by Gasteiger charge is 2.32. The maximum absolute atomic E-state index is 7.41. The number of H-pyrrole nitrogens is 4. The van der Waals surface area contributed by atoms with E-state index in [0.29, 0.717) is 37.8 Å². The van der Waals surface area contributed by atoms with Gasteiger partial charge in [0, 0.05) is 88.7 Å². The zero-order valence-electron chi connectivity index (χ0n) is 71.2. The van der Waals surface area contributed by atoms with E-state index in [9.17, 15) is 0 Å². The van der Waals surface area contributed by atoms with Crippen molar-refractivity contribution in [3.05, 3.63) is 265 Å². The van der Waals surface area contributed by atoms with Crippen LogP contribution in [0.5, 0.6) is 23.0 Å². The van der Waals surface area contributed by atoms with E-state index in [4.69, 9.17) is 38.9 Å². The number of rotatable bonds is 1. The van der Waals surface area contributed by atoms with Gasteiger partial charge in [-0.05, 0) is 344 Å². The van der Waals surface area contributed by atoms with Crippen LogP contribution in [0.4, 0.5) is 0 Å². The van der Waals surface area contributed by atoms with Crippen LogP contribution in [0.2, 0.25) is 0 Å². The highest BCUT2D eigenvalue weighted by atomic mass is 79.9. The SMILES string of the molecule is Cc1c(C)c2c(C)c(C)c1COc1ccc(C(C)(C)C)cc1-c1c3nc(c(Br)c4ccc([nH]4)c(-c4c5nc(c6c7ccc([nH]7)c(c7nc(c(Br)c8ccc4[nH]8)C=C7)-c4cc(C(C)(C)C)ccc4OCc4c(C)c(C)c(c(C)c4C)COc4ccc(C(C)(C)C)cc4-6)C=C5)c4nc(c(c5ccc1[nH]5)-c1cc(C(C)(C)C)ccc1OC2)C=C4)C=C3. The minimum Gasteiger partial charge on any atom is -0.488 e. The predicted molar refractivity (Wildman–Crippen MR) is 497 cm³/mol. The first-order valence-electron chi connectivity index (χ1n) is 41.0. The lowest BCUT2D eigenvalue weighted by Gasteiger charge is -2.24. The average Bonchev–Trinajstić information content (AvgIpc) is 1.59. The number of aromatic nitrogens is 8. The molecule has 4 N–H and O–H groups in total. The van der Waals surface area contributed by atoms with Gasteiger partial charge in [-0.2, -0.15) is 0 Å². The standard InChI is InChI=1S/C104H100Br2N8O4/c1-53-57(5)71-51-117-91-43-23-63(103(15,16)17)47-67(91)95-75-27-25-73(107-75)93(65-45-61(101(9,10)11)21-41-89(65)115-49-69(53)54(2)58(71)6)77-29-31-81(109-77)97(83-35-39-87(113-83)99(105)85-37-33-79(95)111-85)98-82-32-30-78(110-82)94-66-46-62(102(12,13)14)22-42-90(66)116-50-70-55(3)59(7)72(60(8)56(70)4)52-118-92-44-24-64(104(18,19)20)48-68(92)96(76-28-26-74(94)108-76)80-34-38-86(112-80)100(106)88-40-36-84(98)114-88/h21-48,107-108,113-114H,49-52H2,1-20H3. The van der Waals surface area contributed by atoms with Gasteiger partial charge in [0.25, 0.3) is 0 Å². The Morgan fingerprint density at radius 3 is 0.661 bits per heavy atom. The largest absolute Gasteiger partial charge is 0.488 e. The number of aromatic amines is 4. The van der Waals surface area contributed by atoms with Gasteiger partial charge in [-0.15, -0.1) is 0 Å². The fourth-order valence-electron chi connectivity index (χ4n) is 17.7. The number of ether oxygens (including phenoxy) is 4. The van der Waals surface area contributed by atoms with Crippen molar-refractivity contribution < 1.29 is 18.9 Å². The van der Waals surface area contributed by atoms with Crippen molar-refractivity contribution >= 4 is 125 Å². The van der Waals surface area contributed by atoms with Gasteiger partial charge in [0.2, 0.25) is 0 Å². The molecule has 0 unspecified atom stereocenters. The predicted octanol–water partition coefficient (Wildman–Crippen LogP) is 28.1. The van der Waals surface area contributed by atoms with Crippen molar-refractivity contribution in [1.82, 2.24) is 39.9 Å². The molecule has 24 bridgehead atoms. The Morgan fingerprint density at radius 2 is 0.432 bits per heavy atom. The summed E-state index contributed by atoms with van der Waals surface area (Å²) in [5.74, 6) is 2.96. The number of halogens is 2. The van der Waals surface area contributed by atoms with Crippen molar-refractivity contribution in [2.45, 2.75) is 187 Å². The number of nitrogens with one attached hydrogen (secondary N) is 4. The molecule has 14 heteroatoms. The van der Waals surface area contributed by atoms with Gasteiger partial charge in [0.05, 0.1) is 65.5 Å². The first kappa shape index (κ1) is 77.9. The van der Waals surface area contributed by atoms with Gasteiger partial charge in [-0.1, -0.05) is 107 Å². The molecule has 0 amide bonds. The van der Waals surface area contributed by atoms with Gasteiger partial charge in [-0.3, -0.25) is 0 Å². The molecule has 118 heavy (non-hydrogen) atoms. The number of fused-ring (bicyclic) bond motifs is 20. The van der Waals surface area contributed by atoms with Crippen LogP contribution in [0.25, 0.3) is 148 Å². The van der Waals surface area contributed by atoms with Crippen LogP contribution < -0.4 is 18.9 Å². The topological polar surface area (TPSA) is 152 Å². The fourth-order valence-corrected chi connectivity index (χ4v) is 18.6. The van der Waals surface area contributed by atoms with E-state index >= 15 is 0 Å². The van der Waals surface area contributed by atoms with E-state index in [-0.39, 0.29) is 21.7 Å². The van der Waals surface area contributed by atoms with Crippen LogP contribution in [0, 0.1) is 55.4 Å². The summed E-state index contributed by atoms with van der Waals surface area (Å²) in [5, 5.41) is 0. The summed E-state index contributed by atoms with van der Waals surface area (Å²) in [7, 11) is 0. The summed E-state index contributed by atoms with van der Waals surface area (Å²) < 4.78 is 30.9. The van der Waals surface area contributed by atoms with E-state index in [1.807, 2.05) is 0 Å². The van der Waals surface area contributed by atoms with Crippen LogP contribution in [0.3, 0.4) is 0 Å². The van der Waals surface area contributed by atoms with Gasteiger partial charge in [-0.25, -0.2) is 19.9 Å². The molecule has 14 heterocycles. The van der Waals surface area contributed by atoms with Crippen molar-refractivity contribution in [3.63, 3.8) is 0 Å². The van der Waals surface area contributed by atoms with E-state index in [1.54, 1.807) is 0 Å². The van der Waals surface area contributed by atoms with Gasteiger partial charge < -0.3 is 38.9 Å². The molecular weight excluding hydrogens is 1590 g/mol. The van der Waals surface area contributed by atoms with Crippen molar-refractivity contribution in [2.75, 3.05) is 0 Å². The van der Waals surface area contributed by atoms with Crippen molar-refractivity contribution in [2.24, 2.45) is 0 Å². The second-order valence-electron chi connectivity index (χ2n) is 36.8. The molecule has 6 aromatic carbocycles. The van der Waals surface area contributed by atoms with Crippen LogP contribution in [-0.2, 0) is 48.1 Å². The quantitative estimate of drug-likeness (QED) is 0.127. The second kappa shape index (κ2) is 28.8. The van der Waals surface area contributed by atoms with Crippen LogP contribution in [-0.4, -0.2) is 39.9 Å². The Kier molecular flexibility index (Phi) is 19.0. The van der Waals surface area contributed by atoms with E-state index in [0.717, 1.165) is 210 Å². The lowest BCUT2D eigenvalue weighted by atomic mass is 9.85. The lowest BCUT2D eigenvalue weighted by molar-refractivity contribution is 0.301. The first-order chi connectivity index (χ1) is 56.1. The zero-order chi connectivity index (χ0) is 82.8. The third-order valence-electron chi connectivity index (χ3n) is 25.4. The second-order valence-corrected chi connectivity index (χ2v) is 38.4. The highest BCUT2D eigenvalue weighted by molar-refractivity contribution is 9.11. The molecule has 0 aliphatic carbocycles. The van der Waals surface area contributed by atoms with Crippen LogP contribution >= 0.6 is 31.9 Å². The van der Waals surface area contributed by atoms with Gasteiger partial charge in [0.15, 0.2) is 0 Å². The number of hydrogen-bond acceptors (Lipinski definition) is 8. The molecule has 0 saturated carbocycles. The molecule has 0 spiro atoms. The number of hydrogen-bond donors (Lipinski definition) is 4. The summed E-state index contributed by atoms with van der Waals surface area (Å²) in [5.41, 5.74) is 38.9. The highest BCUT2D eigenvalue weighted by Crippen LogP contribution is 2.50. The Hall–Kier alpha value is -11.3. The Balaban J connectivity index is 0.992. The van der Waals surface area contributed by atoms with Gasteiger partial charge in [0.1, 0.15) is 49.4 Å². The lowest BCUT2D eigenvalue weighted by Crippen LogP contribution is -2.13. The molecule has 6 aromatic heterocycles. The van der Waals surface area contributed by atoms with Crippen LogP contribution in [0.15, 0.2) is 130 Å². The van der Waals surface area contributed by atoms with E-state index in [2.05, 4.69) is 360 Å². The summed E-state index contributed by atoms with van der Waals surface area (Å²) in [6.45, 7) is 46.4. The molecule has 0 fully saturated rings. The molecular formula is C104H100Br2N8O4. The summed E-state index contributed by atoms with van der Waals surface area (Å²) in [6.07, 6.45) is 17.2. The zero-order valence-corrected chi connectivity index (χ0v) is 74.3. The van der Waals surface area contributed by atoms with Gasteiger partial charge >= 0.3 is 0 Å². The maximum atomic E-state index is 7.41. The first-order valence-corrected chi connectivity index (χ1v) is 42.6. The third-order valence-corrected chi connectivity index (χ3v) is 27.1. The van der Waals surface area contributed by atoms with Crippen LogP contribution in [0.1, 0.15) is 218 Å². The van der Waals surface area contributed by atoms with E-state index < -0.39 is 0 Å². The number of benzene rings is 6. The Bertz CT molecular complexity index is 6390. The maximum Gasteiger partial charge on any atom is 0.127 e. The molecule has 12 nitrogen and oxygen atoms in total. The Labute approximate surface area is 708 Å². The summed E-state index contributed by atoms with van der Waals surface area (Å²) >= 11 is 8.41. The minimum atomic E-state index is -0.258. The molecule has 594 valence electrons. The minimum absolute atomic E-state index is 0.207. The molecule has 0 atom stereocenters.